The molecule has 0 aliphatic carbocycles. The minimum atomic E-state index is -0.441. The van der Waals surface area contributed by atoms with Gasteiger partial charge in [0.05, 0.1) is 24.4 Å². The Bertz CT molecular complexity index is 1220. The third-order valence-electron chi connectivity index (χ3n) is 5.33. The van der Waals surface area contributed by atoms with Crippen LogP contribution in [0, 0.1) is 25.2 Å². The molecule has 0 unspecified atom stereocenters. The fourth-order valence-electron chi connectivity index (χ4n) is 3.66. The number of rotatable bonds is 6. The highest BCUT2D eigenvalue weighted by molar-refractivity contribution is 6.02. The normalized spacial score (nSPS) is 12.0. The van der Waals surface area contributed by atoms with E-state index in [2.05, 4.69) is 5.32 Å². The number of aryl methyl sites for hydroxylation is 1. The predicted octanol–water partition coefficient (Wildman–Crippen LogP) is 4.67. The Hall–Kier alpha value is -4.11. The molecule has 1 N–H and O–H groups in total. The van der Waals surface area contributed by atoms with E-state index in [1.165, 1.54) is 7.11 Å². The van der Waals surface area contributed by atoms with Gasteiger partial charge in [0, 0.05) is 11.4 Å². The number of methoxy groups -OCH3 is 1. The van der Waals surface area contributed by atoms with E-state index in [9.17, 15) is 14.9 Å². The molecule has 1 aromatic heterocycles. The van der Waals surface area contributed by atoms with E-state index in [1.807, 2.05) is 79.9 Å². The van der Waals surface area contributed by atoms with Gasteiger partial charge in [-0.25, -0.2) is 4.79 Å². The predicted molar refractivity (Wildman–Crippen MR) is 123 cm³/mol. The second-order valence-electron chi connectivity index (χ2n) is 7.45. The van der Waals surface area contributed by atoms with Crippen molar-refractivity contribution in [3.05, 3.63) is 94.3 Å². The van der Waals surface area contributed by atoms with Crippen molar-refractivity contribution in [3.63, 3.8) is 0 Å². The molecule has 0 radical (unpaired) electrons. The largest absolute Gasteiger partial charge is 0.465 e. The van der Waals surface area contributed by atoms with Gasteiger partial charge in [-0.2, -0.15) is 5.26 Å². The Labute approximate surface area is 187 Å². The topological polar surface area (TPSA) is 84.1 Å². The van der Waals surface area contributed by atoms with E-state index in [4.69, 9.17) is 4.74 Å². The number of amides is 1. The van der Waals surface area contributed by atoms with Gasteiger partial charge in [-0.1, -0.05) is 42.5 Å². The van der Waals surface area contributed by atoms with Crippen molar-refractivity contribution in [1.82, 2.24) is 9.88 Å². The summed E-state index contributed by atoms with van der Waals surface area (Å²) in [4.78, 5) is 25.0. The number of nitrogens with zero attached hydrogens (tertiary/aromatic N) is 2. The Balaban J connectivity index is 1.95. The molecule has 0 aliphatic rings. The van der Waals surface area contributed by atoms with Gasteiger partial charge in [-0.05, 0) is 56.2 Å². The zero-order chi connectivity index (χ0) is 23.3. The highest BCUT2D eigenvalue weighted by Crippen LogP contribution is 2.26. The molecule has 0 saturated heterocycles. The van der Waals surface area contributed by atoms with Crippen LogP contribution in [0.2, 0.25) is 0 Å². The molecule has 0 spiro atoms. The van der Waals surface area contributed by atoms with Crippen LogP contribution in [0.5, 0.6) is 0 Å². The summed E-state index contributed by atoms with van der Waals surface area (Å²) < 4.78 is 6.83. The molecular formula is C26H25N3O3. The van der Waals surface area contributed by atoms with Gasteiger partial charge in [-0.15, -0.1) is 0 Å². The maximum Gasteiger partial charge on any atom is 0.339 e. The summed E-state index contributed by atoms with van der Waals surface area (Å²) in [6.45, 7) is 5.66. The van der Waals surface area contributed by atoms with Crippen molar-refractivity contribution >= 4 is 18.0 Å². The molecule has 6 heteroatoms. The second kappa shape index (κ2) is 9.80. The first-order valence-electron chi connectivity index (χ1n) is 10.2. The summed E-state index contributed by atoms with van der Waals surface area (Å²) in [7, 11) is 1.34. The molecule has 3 aromatic rings. The second-order valence-corrected chi connectivity index (χ2v) is 7.45. The first kappa shape index (κ1) is 22.6. The van der Waals surface area contributed by atoms with Gasteiger partial charge < -0.3 is 14.6 Å². The van der Waals surface area contributed by atoms with Gasteiger partial charge in [0.25, 0.3) is 5.91 Å². The zero-order valence-electron chi connectivity index (χ0n) is 18.5. The van der Waals surface area contributed by atoms with Crippen LogP contribution in [0.3, 0.4) is 0 Å². The van der Waals surface area contributed by atoms with Gasteiger partial charge in [0.15, 0.2) is 0 Å². The molecule has 3 rings (SSSR count). The Morgan fingerprint density at radius 3 is 2.41 bits per heavy atom. The summed E-state index contributed by atoms with van der Waals surface area (Å²) >= 11 is 0. The van der Waals surface area contributed by atoms with Crippen molar-refractivity contribution in [2.45, 2.75) is 26.8 Å². The van der Waals surface area contributed by atoms with Crippen LogP contribution < -0.4 is 5.32 Å². The summed E-state index contributed by atoms with van der Waals surface area (Å²) in [5.41, 5.74) is 4.46. The van der Waals surface area contributed by atoms with Crippen molar-refractivity contribution in [3.8, 4) is 11.8 Å². The highest BCUT2D eigenvalue weighted by Gasteiger charge is 2.19. The van der Waals surface area contributed by atoms with E-state index < -0.39 is 11.9 Å². The zero-order valence-corrected chi connectivity index (χ0v) is 18.5. The van der Waals surface area contributed by atoms with Crippen LogP contribution >= 0.6 is 0 Å². The Morgan fingerprint density at radius 2 is 1.75 bits per heavy atom. The lowest BCUT2D eigenvalue weighted by Crippen LogP contribution is -2.27. The van der Waals surface area contributed by atoms with E-state index >= 15 is 0 Å². The van der Waals surface area contributed by atoms with E-state index in [0.717, 1.165) is 22.5 Å². The van der Waals surface area contributed by atoms with Gasteiger partial charge >= 0.3 is 5.97 Å². The SMILES string of the molecule is COC(=O)c1ccccc1-n1c(C)cc(/C=C(/C#N)C(=O)N[C@H](C)c2ccccc2)c1C. The van der Waals surface area contributed by atoms with Crippen molar-refractivity contribution in [2.24, 2.45) is 0 Å². The molecule has 1 heterocycles. The lowest BCUT2D eigenvalue weighted by molar-refractivity contribution is -0.117. The molecule has 0 bridgehead atoms. The maximum absolute atomic E-state index is 12.7. The van der Waals surface area contributed by atoms with Crippen LogP contribution in [0.4, 0.5) is 0 Å². The number of nitriles is 1. The van der Waals surface area contributed by atoms with Crippen molar-refractivity contribution in [1.29, 1.82) is 5.26 Å². The quantitative estimate of drug-likeness (QED) is 0.352. The molecule has 32 heavy (non-hydrogen) atoms. The third kappa shape index (κ3) is 4.62. The first-order valence-corrected chi connectivity index (χ1v) is 10.2. The molecular weight excluding hydrogens is 402 g/mol. The summed E-state index contributed by atoms with van der Waals surface area (Å²) in [5, 5.41) is 12.5. The number of hydrogen-bond donors (Lipinski definition) is 1. The van der Waals surface area contributed by atoms with Crippen molar-refractivity contribution in [2.75, 3.05) is 7.11 Å². The molecule has 162 valence electrons. The van der Waals surface area contributed by atoms with Gasteiger partial charge in [-0.3, -0.25) is 4.79 Å². The van der Waals surface area contributed by atoms with Crippen LogP contribution in [0.15, 0.2) is 66.2 Å². The average Bonchev–Trinajstić information content (AvgIpc) is 3.09. The molecule has 2 aromatic carbocycles. The summed E-state index contributed by atoms with van der Waals surface area (Å²) in [5.74, 6) is -0.874. The molecule has 0 aliphatic heterocycles. The molecule has 0 saturated carbocycles. The smallest absolute Gasteiger partial charge is 0.339 e. The number of carbonyl (C=O) groups excluding carboxylic acids is 2. The van der Waals surface area contributed by atoms with E-state index in [-0.39, 0.29) is 11.6 Å². The van der Waals surface area contributed by atoms with Crippen LogP contribution in [0.1, 0.15) is 45.8 Å². The van der Waals surface area contributed by atoms with Gasteiger partial charge in [0.2, 0.25) is 0 Å². The maximum atomic E-state index is 12.7. The molecule has 1 amide bonds. The monoisotopic (exact) mass is 427 g/mol. The highest BCUT2D eigenvalue weighted by atomic mass is 16.5. The first-order chi connectivity index (χ1) is 15.4. The third-order valence-corrected chi connectivity index (χ3v) is 5.33. The van der Waals surface area contributed by atoms with Crippen LogP contribution in [-0.2, 0) is 9.53 Å². The number of para-hydroxylation sites is 1. The number of esters is 1. The number of carbonyl (C=O) groups is 2. The van der Waals surface area contributed by atoms with Gasteiger partial charge in [0.1, 0.15) is 11.6 Å². The Kier molecular flexibility index (Phi) is 6.91. The minimum absolute atomic E-state index is 0.00860. The molecule has 6 nitrogen and oxygen atoms in total. The number of aromatic nitrogens is 1. The number of nitrogens with one attached hydrogen (secondary N) is 1. The van der Waals surface area contributed by atoms with E-state index in [0.29, 0.717) is 11.3 Å². The fraction of sp³-hybridized carbons (Fsp3) is 0.192. The summed E-state index contributed by atoms with van der Waals surface area (Å²) in [6.07, 6.45) is 1.58. The lowest BCUT2D eigenvalue weighted by atomic mass is 10.1. The van der Waals surface area contributed by atoms with Crippen molar-refractivity contribution < 1.29 is 14.3 Å². The fourth-order valence-corrected chi connectivity index (χ4v) is 3.66. The van der Waals surface area contributed by atoms with Crippen LogP contribution in [0.25, 0.3) is 11.8 Å². The number of benzene rings is 2. The molecule has 1 atom stereocenters. The molecule has 0 fully saturated rings. The summed E-state index contributed by atoms with van der Waals surface area (Å²) in [6, 6.07) is 20.4. The van der Waals surface area contributed by atoms with E-state index in [1.54, 1.807) is 18.2 Å². The lowest BCUT2D eigenvalue weighted by Gasteiger charge is -2.14. The number of hydrogen-bond acceptors (Lipinski definition) is 4. The average molecular weight is 428 g/mol. The van der Waals surface area contributed by atoms with Crippen LogP contribution in [-0.4, -0.2) is 23.6 Å². The standard InChI is InChI=1S/C26H25N3O3/c1-17-14-21(19(3)29(17)24-13-9-8-12-23(24)26(31)32-4)15-22(16-27)25(30)28-18(2)20-10-6-5-7-11-20/h5-15,18H,1-4H3,(H,28,30)/b22-15-/t18-/m1/s1. The minimum Gasteiger partial charge on any atom is -0.465 e. The number of ether oxygens (including phenoxy) is 1. The Morgan fingerprint density at radius 1 is 1.09 bits per heavy atom.